The molecule has 0 spiro atoms. The van der Waals surface area contributed by atoms with Crippen LogP contribution in [0.25, 0.3) is 11.1 Å². The first-order chi connectivity index (χ1) is 16.2. The van der Waals surface area contributed by atoms with Crippen molar-refractivity contribution in [2.45, 2.75) is 30.5 Å². The van der Waals surface area contributed by atoms with Crippen molar-refractivity contribution in [2.24, 2.45) is 0 Å². The molecule has 8 nitrogen and oxygen atoms in total. The second kappa shape index (κ2) is 11.3. The predicted molar refractivity (Wildman–Crippen MR) is 127 cm³/mol. The van der Waals surface area contributed by atoms with E-state index in [-0.39, 0.29) is 11.8 Å². The Morgan fingerprint density at radius 1 is 1.30 bits per heavy atom. The van der Waals surface area contributed by atoms with Crippen LogP contribution in [-0.2, 0) is 16.1 Å². The Morgan fingerprint density at radius 3 is 3.00 bits per heavy atom. The number of amides is 1. The lowest BCUT2D eigenvalue weighted by Crippen LogP contribution is -2.41. The number of carbonyl (C=O) groups excluding carboxylic acids is 1. The van der Waals surface area contributed by atoms with E-state index in [1.807, 2.05) is 46.1 Å². The van der Waals surface area contributed by atoms with E-state index in [9.17, 15) is 4.79 Å². The second-order valence-corrected chi connectivity index (χ2v) is 9.00. The summed E-state index contributed by atoms with van der Waals surface area (Å²) in [5.41, 5.74) is 2.98. The number of thioether (sulfide) groups is 1. The van der Waals surface area contributed by atoms with E-state index in [2.05, 4.69) is 9.97 Å². The molecule has 4 rings (SSSR count). The first-order valence-electron chi connectivity index (χ1n) is 11.0. The highest BCUT2D eigenvalue weighted by Crippen LogP contribution is 2.35. The minimum absolute atomic E-state index is 0.101. The number of piperidine rings is 1. The van der Waals surface area contributed by atoms with Crippen molar-refractivity contribution < 1.29 is 14.3 Å². The maximum Gasteiger partial charge on any atom is 0.242 e. The molecule has 1 aromatic carbocycles. The van der Waals surface area contributed by atoms with Gasteiger partial charge in [0.2, 0.25) is 5.91 Å². The van der Waals surface area contributed by atoms with E-state index in [1.54, 1.807) is 38.5 Å². The van der Waals surface area contributed by atoms with E-state index in [4.69, 9.17) is 14.5 Å². The van der Waals surface area contributed by atoms with Gasteiger partial charge in [0.15, 0.2) is 5.16 Å². The summed E-state index contributed by atoms with van der Waals surface area (Å²) >= 11 is 1.58. The summed E-state index contributed by atoms with van der Waals surface area (Å²) in [6, 6.07) is 7.95. The molecule has 9 heteroatoms. The fraction of sp³-hybridized carbons (Fsp3) is 0.417. The Labute approximate surface area is 198 Å². The molecular weight excluding hydrogens is 438 g/mol. The normalized spacial score (nSPS) is 16.1. The van der Waals surface area contributed by atoms with Crippen LogP contribution in [0.2, 0.25) is 0 Å². The van der Waals surface area contributed by atoms with Gasteiger partial charge >= 0.3 is 0 Å². The predicted octanol–water partition coefficient (Wildman–Crippen LogP) is 3.49. The zero-order valence-electron chi connectivity index (χ0n) is 19.0. The van der Waals surface area contributed by atoms with Crippen LogP contribution in [0.3, 0.4) is 0 Å². The Kier molecular flexibility index (Phi) is 7.96. The molecule has 1 fully saturated rings. The van der Waals surface area contributed by atoms with Gasteiger partial charge in [-0.2, -0.15) is 0 Å². The van der Waals surface area contributed by atoms with Crippen LogP contribution in [0.1, 0.15) is 24.5 Å². The van der Waals surface area contributed by atoms with Crippen LogP contribution in [0, 0.1) is 0 Å². The lowest BCUT2D eigenvalue weighted by molar-refractivity contribution is -0.133. The molecule has 0 radical (unpaired) electrons. The molecule has 0 aliphatic carbocycles. The van der Waals surface area contributed by atoms with E-state index < -0.39 is 0 Å². The van der Waals surface area contributed by atoms with Crippen LogP contribution in [0.15, 0.2) is 54.3 Å². The van der Waals surface area contributed by atoms with Crippen molar-refractivity contribution in [1.29, 1.82) is 0 Å². The van der Waals surface area contributed by atoms with Gasteiger partial charge in [-0.3, -0.25) is 4.79 Å². The van der Waals surface area contributed by atoms with Gasteiger partial charge in [0, 0.05) is 56.0 Å². The maximum absolute atomic E-state index is 12.9. The Morgan fingerprint density at radius 2 is 2.21 bits per heavy atom. The molecule has 33 heavy (non-hydrogen) atoms. The highest BCUT2D eigenvalue weighted by atomic mass is 32.2. The fourth-order valence-electron chi connectivity index (χ4n) is 4.05. The molecule has 2 aromatic heterocycles. The number of imidazole rings is 1. The van der Waals surface area contributed by atoms with Crippen molar-refractivity contribution in [3.05, 3.63) is 54.9 Å². The minimum Gasteiger partial charge on any atom is -0.497 e. The third kappa shape index (κ3) is 5.91. The third-order valence-corrected chi connectivity index (χ3v) is 6.56. The number of benzene rings is 1. The summed E-state index contributed by atoms with van der Waals surface area (Å²) in [4.78, 5) is 28.5. The lowest BCUT2D eigenvalue weighted by Gasteiger charge is -2.33. The van der Waals surface area contributed by atoms with Crippen LogP contribution < -0.4 is 4.74 Å². The van der Waals surface area contributed by atoms with Gasteiger partial charge in [-0.15, -0.1) is 0 Å². The van der Waals surface area contributed by atoms with Crippen LogP contribution in [0.4, 0.5) is 0 Å². The maximum atomic E-state index is 12.9. The van der Waals surface area contributed by atoms with E-state index in [0.717, 1.165) is 52.9 Å². The highest BCUT2D eigenvalue weighted by Gasteiger charge is 2.28. The summed E-state index contributed by atoms with van der Waals surface area (Å²) in [6.07, 6.45) is 9.00. The number of carbonyl (C=O) groups is 1. The molecule has 174 valence electrons. The van der Waals surface area contributed by atoms with Gasteiger partial charge in [0.25, 0.3) is 0 Å². The van der Waals surface area contributed by atoms with Crippen molar-refractivity contribution >= 4 is 17.7 Å². The minimum atomic E-state index is 0.101. The topological polar surface area (TPSA) is 82.4 Å². The van der Waals surface area contributed by atoms with E-state index in [1.165, 1.54) is 0 Å². The fourth-order valence-corrected chi connectivity index (χ4v) is 4.77. The van der Waals surface area contributed by atoms with E-state index in [0.29, 0.717) is 19.7 Å². The number of aromatic nitrogens is 4. The molecule has 0 N–H and O–H groups in total. The van der Waals surface area contributed by atoms with Gasteiger partial charge in [0.1, 0.15) is 12.3 Å². The molecule has 1 unspecified atom stereocenters. The van der Waals surface area contributed by atoms with Gasteiger partial charge in [-0.05, 0) is 30.5 Å². The molecule has 1 amide bonds. The monoisotopic (exact) mass is 467 g/mol. The summed E-state index contributed by atoms with van der Waals surface area (Å²) < 4.78 is 12.4. The molecule has 1 aliphatic rings. The molecule has 0 saturated carbocycles. The molecule has 1 atom stereocenters. The van der Waals surface area contributed by atoms with E-state index >= 15 is 0 Å². The van der Waals surface area contributed by atoms with Gasteiger partial charge in [-0.1, -0.05) is 23.9 Å². The molecule has 3 aromatic rings. The molecular formula is C24H29N5O3S. The SMILES string of the molecule is COCCSc1ncc(-c2cccc(OC)c2)c(C2CCCN(C(=O)Cn3ccnc3)C2)n1. The van der Waals surface area contributed by atoms with Crippen LogP contribution in [-0.4, -0.2) is 70.0 Å². The quantitative estimate of drug-likeness (QED) is 0.271. The van der Waals surface area contributed by atoms with Gasteiger partial charge in [0.05, 0.1) is 25.7 Å². The lowest BCUT2D eigenvalue weighted by atomic mass is 9.90. The van der Waals surface area contributed by atoms with Crippen molar-refractivity contribution in [2.75, 3.05) is 39.7 Å². The Bertz CT molecular complexity index is 1060. The number of hydrogen-bond donors (Lipinski definition) is 0. The van der Waals surface area contributed by atoms with Gasteiger partial charge < -0.3 is 18.9 Å². The summed E-state index contributed by atoms with van der Waals surface area (Å²) in [6.45, 7) is 2.35. The summed E-state index contributed by atoms with van der Waals surface area (Å²) in [5.74, 6) is 1.81. The summed E-state index contributed by atoms with van der Waals surface area (Å²) in [7, 11) is 3.35. The second-order valence-electron chi connectivity index (χ2n) is 7.94. The Balaban J connectivity index is 1.61. The van der Waals surface area contributed by atoms with Crippen molar-refractivity contribution in [3.63, 3.8) is 0 Å². The van der Waals surface area contributed by atoms with Gasteiger partial charge in [-0.25, -0.2) is 15.0 Å². The number of methoxy groups -OCH3 is 2. The smallest absolute Gasteiger partial charge is 0.242 e. The average Bonchev–Trinajstić information content (AvgIpc) is 3.37. The zero-order chi connectivity index (χ0) is 23.0. The first-order valence-corrected chi connectivity index (χ1v) is 12.0. The van der Waals surface area contributed by atoms with Crippen LogP contribution in [0.5, 0.6) is 5.75 Å². The molecule has 1 saturated heterocycles. The molecule has 1 aliphatic heterocycles. The Hall–Kier alpha value is -2.91. The molecule has 0 bridgehead atoms. The van der Waals surface area contributed by atoms with Crippen LogP contribution >= 0.6 is 11.8 Å². The zero-order valence-corrected chi connectivity index (χ0v) is 19.8. The third-order valence-electron chi connectivity index (χ3n) is 5.73. The first kappa shape index (κ1) is 23.3. The number of nitrogens with zero attached hydrogens (tertiary/aromatic N) is 5. The largest absolute Gasteiger partial charge is 0.497 e. The number of rotatable bonds is 9. The highest BCUT2D eigenvalue weighted by molar-refractivity contribution is 7.99. The number of likely N-dealkylation sites (tertiary alicyclic amines) is 1. The molecule has 3 heterocycles. The summed E-state index contributed by atoms with van der Waals surface area (Å²) in [5, 5.41) is 0.732. The average molecular weight is 468 g/mol. The number of hydrogen-bond acceptors (Lipinski definition) is 7. The van der Waals surface area contributed by atoms with Crippen molar-refractivity contribution in [3.8, 4) is 16.9 Å². The van der Waals surface area contributed by atoms with Crippen molar-refractivity contribution in [1.82, 2.24) is 24.4 Å². The standard InChI is InChI=1S/C24H29N5O3S/c1-31-11-12-33-24-26-14-21(18-5-3-7-20(13-18)32-2)23(27-24)19-6-4-9-29(15-19)22(30)16-28-10-8-25-17-28/h3,5,7-8,10,13-14,17,19H,4,6,9,11-12,15-16H2,1-2H3. The number of ether oxygens (including phenoxy) is 2.